The van der Waals surface area contributed by atoms with Gasteiger partial charge in [0.25, 0.3) is 5.91 Å². The van der Waals surface area contributed by atoms with E-state index in [0.29, 0.717) is 32.2 Å². The van der Waals surface area contributed by atoms with E-state index < -0.39 is 21.7 Å². The van der Waals surface area contributed by atoms with Crippen LogP contribution in [0, 0.1) is 11.7 Å². The van der Waals surface area contributed by atoms with E-state index in [2.05, 4.69) is 0 Å². The number of amides is 1. The van der Waals surface area contributed by atoms with Gasteiger partial charge in [-0.15, -0.1) is 0 Å². The van der Waals surface area contributed by atoms with Crippen LogP contribution < -0.4 is 0 Å². The minimum absolute atomic E-state index is 0.0491. The van der Waals surface area contributed by atoms with E-state index in [9.17, 15) is 17.6 Å². The lowest BCUT2D eigenvalue weighted by molar-refractivity contribution is 0.0728. The zero-order valence-electron chi connectivity index (χ0n) is 15.0. The molecule has 8 heteroatoms. The van der Waals surface area contributed by atoms with Gasteiger partial charge >= 0.3 is 0 Å². The summed E-state index contributed by atoms with van der Waals surface area (Å²) in [7, 11) is -3.77. The first-order chi connectivity index (χ1) is 12.4. The largest absolute Gasteiger partial charge is 0.379 e. The van der Waals surface area contributed by atoms with Crippen LogP contribution in [0.5, 0.6) is 0 Å². The Kier molecular flexibility index (Phi) is 5.94. The molecule has 1 saturated carbocycles. The fraction of sp³-hybridized carbons (Fsp3) is 0.611. The second kappa shape index (κ2) is 8.02. The number of benzene rings is 1. The van der Waals surface area contributed by atoms with Crippen molar-refractivity contribution in [1.29, 1.82) is 0 Å². The third-order valence-electron chi connectivity index (χ3n) is 4.73. The van der Waals surface area contributed by atoms with Gasteiger partial charge in [0.15, 0.2) is 0 Å². The standard InChI is InChI=1S/C18H25FN2O4S/c1-2-7-20(13-14-3-4-14)18(22)16-12-15(5-6-17(16)19)26(23,24)21-8-10-25-11-9-21/h5-6,12,14H,2-4,7-11,13H2,1H3. The average molecular weight is 384 g/mol. The van der Waals surface area contributed by atoms with E-state index in [4.69, 9.17) is 4.74 Å². The molecule has 144 valence electrons. The smallest absolute Gasteiger partial charge is 0.256 e. The number of carbonyl (C=O) groups is 1. The van der Waals surface area contributed by atoms with Crippen molar-refractivity contribution < 1.29 is 22.3 Å². The van der Waals surface area contributed by atoms with Crippen molar-refractivity contribution in [2.75, 3.05) is 39.4 Å². The van der Waals surface area contributed by atoms with Crippen LogP contribution in [0.15, 0.2) is 23.1 Å². The average Bonchev–Trinajstić information content (AvgIpc) is 3.46. The first-order valence-corrected chi connectivity index (χ1v) is 10.5. The zero-order valence-corrected chi connectivity index (χ0v) is 15.8. The summed E-state index contributed by atoms with van der Waals surface area (Å²) in [4.78, 5) is 14.4. The molecule has 0 unspecified atom stereocenters. The summed E-state index contributed by atoms with van der Waals surface area (Å²) in [5.41, 5.74) is -0.173. The molecule has 0 N–H and O–H groups in total. The highest BCUT2D eigenvalue weighted by Gasteiger charge is 2.30. The zero-order chi connectivity index (χ0) is 18.7. The molecule has 1 aliphatic carbocycles. The van der Waals surface area contributed by atoms with Crippen LogP contribution in [0.4, 0.5) is 4.39 Å². The van der Waals surface area contributed by atoms with Crippen molar-refractivity contribution >= 4 is 15.9 Å². The van der Waals surface area contributed by atoms with Gasteiger partial charge in [-0.05, 0) is 43.4 Å². The Morgan fingerprint density at radius 3 is 2.62 bits per heavy atom. The van der Waals surface area contributed by atoms with Crippen molar-refractivity contribution in [2.45, 2.75) is 31.1 Å². The topological polar surface area (TPSA) is 66.9 Å². The molecule has 0 radical (unpaired) electrons. The molecule has 1 amide bonds. The monoisotopic (exact) mass is 384 g/mol. The van der Waals surface area contributed by atoms with Crippen LogP contribution in [0.1, 0.15) is 36.5 Å². The van der Waals surface area contributed by atoms with Crippen molar-refractivity contribution in [3.05, 3.63) is 29.6 Å². The molecule has 3 rings (SSSR count). The summed E-state index contributed by atoms with van der Waals surface area (Å²) < 4.78 is 46.4. The molecule has 1 saturated heterocycles. The second-order valence-corrected chi connectivity index (χ2v) is 8.79. The molecular weight excluding hydrogens is 359 g/mol. The second-order valence-electron chi connectivity index (χ2n) is 6.85. The molecule has 2 aliphatic rings. The summed E-state index contributed by atoms with van der Waals surface area (Å²) in [5.74, 6) is -0.642. The van der Waals surface area contributed by atoms with E-state index >= 15 is 0 Å². The molecule has 0 aromatic heterocycles. The van der Waals surface area contributed by atoms with Gasteiger partial charge in [-0.1, -0.05) is 6.92 Å². The van der Waals surface area contributed by atoms with Gasteiger partial charge < -0.3 is 9.64 Å². The van der Waals surface area contributed by atoms with Gasteiger partial charge in [-0.2, -0.15) is 4.31 Å². The molecule has 0 spiro atoms. The summed E-state index contributed by atoms with van der Waals surface area (Å²) in [6.07, 6.45) is 2.94. The van der Waals surface area contributed by atoms with Crippen molar-refractivity contribution in [2.24, 2.45) is 5.92 Å². The van der Waals surface area contributed by atoms with E-state index in [-0.39, 0.29) is 23.5 Å². The number of rotatable bonds is 7. The van der Waals surface area contributed by atoms with Crippen LogP contribution in [0.3, 0.4) is 0 Å². The normalized spacial score (nSPS) is 18.7. The van der Waals surface area contributed by atoms with Gasteiger partial charge in [-0.3, -0.25) is 4.79 Å². The fourth-order valence-corrected chi connectivity index (χ4v) is 4.53. The summed E-state index contributed by atoms with van der Waals surface area (Å²) in [6, 6.07) is 3.47. The number of carbonyl (C=O) groups excluding carboxylic acids is 1. The Bertz CT molecular complexity index is 758. The molecule has 0 atom stereocenters. The molecule has 1 aliphatic heterocycles. The Morgan fingerprint density at radius 2 is 2.00 bits per heavy atom. The molecule has 0 bridgehead atoms. The molecule has 6 nitrogen and oxygen atoms in total. The molecule has 1 aromatic carbocycles. The maximum atomic E-state index is 14.3. The van der Waals surface area contributed by atoms with E-state index in [1.165, 1.54) is 16.4 Å². The maximum Gasteiger partial charge on any atom is 0.256 e. The molecule has 1 aromatic rings. The highest BCUT2D eigenvalue weighted by atomic mass is 32.2. The highest BCUT2D eigenvalue weighted by molar-refractivity contribution is 7.89. The number of hydrogen-bond donors (Lipinski definition) is 0. The van der Waals surface area contributed by atoms with Crippen molar-refractivity contribution in [1.82, 2.24) is 9.21 Å². The molecule has 2 fully saturated rings. The molecule has 1 heterocycles. The Labute approximate surface area is 154 Å². The quantitative estimate of drug-likeness (QED) is 0.722. The van der Waals surface area contributed by atoms with Crippen molar-refractivity contribution in [3.63, 3.8) is 0 Å². The van der Waals surface area contributed by atoms with Crippen LogP contribution in [0.2, 0.25) is 0 Å². The first kappa shape index (κ1) is 19.3. The van der Waals surface area contributed by atoms with E-state index in [1.54, 1.807) is 4.90 Å². The lowest BCUT2D eigenvalue weighted by atomic mass is 10.1. The minimum Gasteiger partial charge on any atom is -0.379 e. The Morgan fingerprint density at radius 1 is 1.31 bits per heavy atom. The predicted octanol–water partition coefficient (Wildman–Crippen LogP) is 2.11. The van der Waals surface area contributed by atoms with Crippen LogP contribution in [0.25, 0.3) is 0 Å². The lowest BCUT2D eigenvalue weighted by Crippen LogP contribution is -2.40. The number of halogens is 1. The summed E-state index contributed by atoms with van der Waals surface area (Å²) in [6.45, 7) is 4.28. The number of sulfonamides is 1. The third kappa shape index (κ3) is 4.24. The third-order valence-corrected chi connectivity index (χ3v) is 6.63. The van der Waals surface area contributed by atoms with Crippen LogP contribution in [-0.2, 0) is 14.8 Å². The van der Waals surface area contributed by atoms with E-state index in [1.807, 2.05) is 6.92 Å². The number of morpholine rings is 1. The molecular formula is C18H25FN2O4S. The van der Waals surface area contributed by atoms with Crippen LogP contribution in [-0.4, -0.2) is 62.9 Å². The number of nitrogens with zero attached hydrogens (tertiary/aromatic N) is 2. The van der Waals surface area contributed by atoms with Gasteiger partial charge in [0.05, 0.1) is 23.7 Å². The fourth-order valence-electron chi connectivity index (χ4n) is 3.09. The van der Waals surface area contributed by atoms with Gasteiger partial charge in [0, 0.05) is 26.2 Å². The number of hydrogen-bond acceptors (Lipinski definition) is 4. The highest BCUT2D eigenvalue weighted by Crippen LogP contribution is 2.30. The Hall–Kier alpha value is -1.51. The lowest BCUT2D eigenvalue weighted by Gasteiger charge is -2.26. The predicted molar refractivity (Wildman–Crippen MR) is 94.9 cm³/mol. The van der Waals surface area contributed by atoms with E-state index in [0.717, 1.165) is 25.3 Å². The summed E-state index contributed by atoms with van der Waals surface area (Å²) in [5, 5.41) is 0. The first-order valence-electron chi connectivity index (χ1n) is 9.10. The minimum atomic E-state index is -3.77. The van der Waals surface area contributed by atoms with Crippen LogP contribution >= 0.6 is 0 Å². The maximum absolute atomic E-state index is 14.3. The molecule has 26 heavy (non-hydrogen) atoms. The van der Waals surface area contributed by atoms with Gasteiger partial charge in [0.2, 0.25) is 10.0 Å². The van der Waals surface area contributed by atoms with Crippen molar-refractivity contribution in [3.8, 4) is 0 Å². The number of ether oxygens (including phenoxy) is 1. The summed E-state index contributed by atoms with van der Waals surface area (Å²) >= 11 is 0. The van der Waals surface area contributed by atoms with Gasteiger partial charge in [0.1, 0.15) is 5.82 Å². The Balaban J connectivity index is 1.87. The SMILES string of the molecule is CCCN(CC1CC1)C(=O)c1cc(S(=O)(=O)N2CCOCC2)ccc1F. The van der Waals surface area contributed by atoms with Gasteiger partial charge in [-0.25, -0.2) is 12.8 Å².